The highest BCUT2D eigenvalue weighted by Gasteiger charge is 2.36. The van der Waals surface area contributed by atoms with Crippen LogP contribution < -0.4 is 19.7 Å². The Balaban J connectivity index is 1.31. The van der Waals surface area contributed by atoms with Crippen LogP contribution in [0.3, 0.4) is 0 Å². The largest absolute Gasteiger partial charge is 0.493 e. The first-order chi connectivity index (χ1) is 22.9. The fourth-order valence-electron chi connectivity index (χ4n) is 6.47. The van der Waals surface area contributed by atoms with Gasteiger partial charge in [-0.2, -0.15) is 4.80 Å². The van der Waals surface area contributed by atoms with Gasteiger partial charge in [0.15, 0.2) is 17.5 Å². The first kappa shape index (κ1) is 32.2. The molecule has 2 atom stereocenters. The lowest BCUT2D eigenvalue weighted by molar-refractivity contribution is -0.127. The second-order valence-corrected chi connectivity index (χ2v) is 12.1. The van der Waals surface area contributed by atoms with E-state index in [-0.39, 0.29) is 18.6 Å². The number of amides is 2. The Hall–Kier alpha value is -4.71. The van der Waals surface area contributed by atoms with Gasteiger partial charge in [-0.1, -0.05) is 31.4 Å². The van der Waals surface area contributed by atoms with Crippen molar-refractivity contribution in [3.63, 3.8) is 0 Å². The highest BCUT2D eigenvalue weighted by atomic mass is 16.5. The van der Waals surface area contributed by atoms with E-state index in [2.05, 4.69) is 32.9 Å². The predicted molar refractivity (Wildman–Crippen MR) is 174 cm³/mol. The molecule has 1 saturated carbocycles. The first-order valence-corrected chi connectivity index (χ1v) is 16.3. The molecule has 6 rings (SSSR count). The minimum absolute atomic E-state index is 0.0637. The van der Waals surface area contributed by atoms with Crippen LogP contribution in [0.15, 0.2) is 59.0 Å². The van der Waals surface area contributed by atoms with Crippen LogP contribution in [-0.2, 0) is 20.9 Å². The van der Waals surface area contributed by atoms with Gasteiger partial charge in [-0.15, -0.1) is 10.2 Å². The van der Waals surface area contributed by atoms with Gasteiger partial charge < -0.3 is 23.9 Å². The Morgan fingerprint density at radius 2 is 1.77 bits per heavy atom. The molecule has 1 saturated heterocycles. The molecule has 47 heavy (non-hydrogen) atoms. The Morgan fingerprint density at radius 1 is 0.979 bits per heavy atom. The summed E-state index contributed by atoms with van der Waals surface area (Å²) in [5.41, 5.74) is 2.46. The molecule has 2 unspecified atom stereocenters. The number of nitrogens with one attached hydrogen (secondary N) is 1. The zero-order valence-electron chi connectivity index (χ0n) is 27.2. The van der Waals surface area contributed by atoms with Gasteiger partial charge in [0, 0.05) is 24.4 Å². The summed E-state index contributed by atoms with van der Waals surface area (Å²) >= 11 is 0. The number of carbonyl (C=O) groups is 2. The van der Waals surface area contributed by atoms with Gasteiger partial charge in [-0.3, -0.25) is 14.5 Å². The number of methoxy groups -OCH3 is 2. The van der Waals surface area contributed by atoms with Gasteiger partial charge in [0.05, 0.1) is 20.3 Å². The molecular weight excluding hydrogens is 600 g/mol. The summed E-state index contributed by atoms with van der Waals surface area (Å²) < 4.78 is 22.5. The standard InChI is InChI=1S/C35H42N6O6/c1-23-11-17-30(47-23)33(35(43)36-21-28-10-7-19-46-28)41(27-15-12-25(13-16-27)24-8-5-4-6-9-24)32(42)22-40-38-34(37-39-40)26-14-18-29(44-2)31(20-26)45-3/h11-18,20,24,28,33H,4-10,19,21-22H2,1-3H3,(H,36,43). The van der Waals surface area contributed by atoms with Gasteiger partial charge in [0.1, 0.15) is 18.1 Å². The maximum Gasteiger partial charge on any atom is 0.251 e. The normalized spacial score (nSPS) is 17.3. The third kappa shape index (κ3) is 7.48. The van der Waals surface area contributed by atoms with Gasteiger partial charge in [-0.25, -0.2) is 0 Å². The summed E-state index contributed by atoms with van der Waals surface area (Å²) in [4.78, 5) is 31.0. The number of rotatable bonds is 12. The fraction of sp³-hybridized carbons (Fsp3) is 0.457. The molecule has 4 aromatic rings. The number of aryl methyl sites for hydroxylation is 1. The van der Waals surface area contributed by atoms with E-state index in [0.29, 0.717) is 59.2 Å². The molecule has 248 valence electrons. The topological polar surface area (TPSA) is 134 Å². The van der Waals surface area contributed by atoms with Crippen molar-refractivity contribution in [2.24, 2.45) is 0 Å². The number of nitrogens with zero attached hydrogens (tertiary/aromatic N) is 5. The monoisotopic (exact) mass is 642 g/mol. The minimum atomic E-state index is -1.08. The SMILES string of the molecule is COc1ccc(-c2nnn(CC(=O)N(c3ccc(C4CCCCC4)cc3)C(C(=O)NCC3CCCO3)c3ccc(C)o3)n2)cc1OC. The summed E-state index contributed by atoms with van der Waals surface area (Å²) in [7, 11) is 3.11. The van der Waals surface area contributed by atoms with Crippen molar-refractivity contribution in [1.29, 1.82) is 0 Å². The van der Waals surface area contributed by atoms with Crippen LogP contribution in [-0.4, -0.2) is 65.5 Å². The van der Waals surface area contributed by atoms with Crippen LogP contribution in [0.2, 0.25) is 0 Å². The molecule has 2 fully saturated rings. The molecule has 2 amide bonds. The van der Waals surface area contributed by atoms with E-state index < -0.39 is 11.9 Å². The molecule has 0 radical (unpaired) electrons. The smallest absolute Gasteiger partial charge is 0.251 e. The molecule has 0 spiro atoms. The number of hydrogen-bond donors (Lipinski definition) is 1. The van der Waals surface area contributed by atoms with Crippen molar-refractivity contribution >= 4 is 17.5 Å². The lowest BCUT2D eigenvalue weighted by Crippen LogP contribution is -2.46. The second-order valence-electron chi connectivity index (χ2n) is 12.1. The molecule has 12 nitrogen and oxygen atoms in total. The third-order valence-electron chi connectivity index (χ3n) is 8.95. The van der Waals surface area contributed by atoms with Crippen LogP contribution in [0.5, 0.6) is 11.5 Å². The minimum Gasteiger partial charge on any atom is -0.493 e. The van der Waals surface area contributed by atoms with Crippen molar-refractivity contribution in [2.45, 2.75) is 76.5 Å². The Labute approximate surface area is 274 Å². The Morgan fingerprint density at radius 3 is 2.45 bits per heavy atom. The van der Waals surface area contributed by atoms with Crippen LogP contribution in [0, 0.1) is 6.92 Å². The van der Waals surface area contributed by atoms with E-state index in [4.69, 9.17) is 18.6 Å². The van der Waals surface area contributed by atoms with Crippen molar-refractivity contribution in [3.8, 4) is 22.9 Å². The van der Waals surface area contributed by atoms with Gasteiger partial charge in [0.2, 0.25) is 5.82 Å². The molecule has 2 aromatic carbocycles. The molecule has 2 aromatic heterocycles. The van der Waals surface area contributed by atoms with Gasteiger partial charge in [0.25, 0.3) is 11.8 Å². The third-order valence-corrected chi connectivity index (χ3v) is 8.95. The van der Waals surface area contributed by atoms with E-state index >= 15 is 0 Å². The molecule has 1 aliphatic carbocycles. The van der Waals surface area contributed by atoms with Gasteiger partial charge >= 0.3 is 0 Å². The summed E-state index contributed by atoms with van der Waals surface area (Å²) in [6.07, 6.45) is 7.78. The highest BCUT2D eigenvalue weighted by molar-refractivity contribution is 6.01. The van der Waals surface area contributed by atoms with Crippen molar-refractivity contribution in [2.75, 3.05) is 32.3 Å². The van der Waals surface area contributed by atoms with Crippen molar-refractivity contribution in [1.82, 2.24) is 25.5 Å². The van der Waals surface area contributed by atoms with Crippen LogP contribution >= 0.6 is 0 Å². The van der Waals surface area contributed by atoms with Crippen LogP contribution in [0.1, 0.15) is 74.0 Å². The molecule has 2 aliphatic rings. The second kappa shape index (κ2) is 14.8. The molecule has 1 aliphatic heterocycles. The number of hydrogen-bond acceptors (Lipinski definition) is 9. The van der Waals surface area contributed by atoms with E-state index in [9.17, 15) is 9.59 Å². The number of tetrazole rings is 1. The maximum atomic E-state index is 14.3. The quantitative estimate of drug-likeness (QED) is 0.216. The highest BCUT2D eigenvalue weighted by Crippen LogP contribution is 2.36. The Bertz CT molecular complexity index is 1650. The van der Waals surface area contributed by atoms with E-state index in [1.807, 2.05) is 19.1 Å². The summed E-state index contributed by atoms with van der Waals surface area (Å²) in [6.45, 7) is 2.57. The number of ether oxygens (including phenoxy) is 3. The zero-order valence-corrected chi connectivity index (χ0v) is 27.2. The number of furan rings is 1. The number of aromatic nitrogens is 4. The van der Waals surface area contributed by atoms with Gasteiger partial charge in [-0.05, 0) is 91.8 Å². The molecule has 1 N–H and O–H groups in total. The average Bonchev–Trinajstić information content (AvgIpc) is 3.89. The summed E-state index contributed by atoms with van der Waals surface area (Å²) in [5, 5.41) is 15.9. The number of benzene rings is 2. The molecular formula is C35H42N6O6. The van der Waals surface area contributed by atoms with E-state index in [0.717, 1.165) is 25.7 Å². The average molecular weight is 643 g/mol. The number of anilines is 1. The molecule has 12 heteroatoms. The van der Waals surface area contributed by atoms with E-state index in [1.165, 1.54) is 34.5 Å². The molecule has 0 bridgehead atoms. The predicted octanol–water partition coefficient (Wildman–Crippen LogP) is 5.38. The fourth-order valence-corrected chi connectivity index (χ4v) is 6.47. The lowest BCUT2D eigenvalue weighted by Gasteiger charge is -2.30. The van der Waals surface area contributed by atoms with Crippen molar-refractivity contribution in [3.05, 3.63) is 71.7 Å². The summed E-state index contributed by atoms with van der Waals surface area (Å²) in [5.74, 6) is 2.12. The maximum absolute atomic E-state index is 14.3. The number of carbonyl (C=O) groups excluding carboxylic acids is 2. The van der Waals surface area contributed by atoms with Crippen LogP contribution in [0.4, 0.5) is 5.69 Å². The lowest BCUT2D eigenvalue weighted by atomic mass is 9.84. The van der Waals surface area contributed by atoms with Crippen LogP contribution in [0.25, 0.3) is 11.4 Å². The summed E-state index contributed by atoms with van der Waals surface area (Å²) in [6, 6.07) is 15.7. The zero-order chi connectivity index (χ0) is 32.8. The van der Waals surface area contributed by atoms with Crippen molar-refractivity contribution < 1.29 is 28.2 Å². The molecule has 3 heterocycles. The first-order valence-electron chi connectivity index (χ1n) is 16.3. The Kier molecular flexibility index (Phi) is 10.2. The van der Waals surface area contributed by atoms with E-state index in [1.54, 1.807) is 44.6 Å².